The molecule has 2 aromatic rings. The van der Waals surface area contributed by atoms with Crippen LogP contribution in [-0.4, -0.2) is 29.7 Å². The van der Waals surface area contributed by atoms with Gasteiger partial charge in [0.05, 0.1) is 35.7 Å². The first-order chi connectivity index (χ1) is 11.4. The first-order valence-electron chi connectivity index (χ1n) is 7.84. The van der Waals surface area contributed by atoms with Crippen LogP contribution in [0.1, 0.15) is 46.0 Å². The Morgan fingerprint density at radius 1 is 0.958 bits per heavy atom. The molecule has 1 aromatic carbocycles. The summed E-state index contributed by atoms with van der Waals surface area (Å²) in [4.78, 5) is 24.8. The fraction of sp³-hybridized carbons (Fsp3) is 0.333. The van der Waals surface area contributed by atoms with Crippen molar-refractivity contribution in [1.82, 2.24) is 4.57 Å². The summed E-state index contributed by atoms with van der Waals surface area (Å²) < 4.78 is 12.0. The van der Waals surface area contributed by atoms with Crippen molar-refractivity contribution < 1.29 is 19.1 Å². The van der Waals surface area contributed by atoms with Gasteiger partial charge in [0, 0.05) is 11.4 Å². The summed E-state index contributed by atoms with van der Waals surface area (Å²) in [5.74, 6) is -1.09. The van der Waals surface area contributed by atoms with Gasteiger partial charge in [0.25, 0.3) is 0 Å². The molecular formula is C18H22N2O4. The predicted octanol–water partition coefficient (Wildman–Crippen LogP) is 3.03. The fourth-order valence-corrected chi connectivity index (χ4v) is 2.80. The van der Waals surface area contributed by atoms with E-state index in [0.717, 1.165) is 0 Å². The van der Waals surface area contributed by atoms with Crippen molar-refractivity contribution in [3.8, 4) is 5.69 Å². The maximum absolute atomic E-state index is 12.4. The van der Waals surface area contributed by atoms with Gasteiger partial charge in [-0.25, -0.2) is 9.59 Å². The van der Waals surface area contributed by atoms with E-state index in [1.165, 1.54) is 0 Å². The van der Waals surface area contributed by atoms with Gasteiger partial charge in [-0.15, -0.1) is 0 Å². The Hall–Kier alpha value is -2.76. The monoisotopic (exact) mass is 330 g/mol. The number of aromatic nitrogens is 1. The van der Waals surface area contributed by atoms with E-state index in [9.17, 15) is 9.59 Å². The largest absolute Gasteiger partial charge is 0.462 e. The van der Waals surface area contributed by atoms with Gasteiger partial charge in [-0.2, -0.15) is 0 Å². The van der Waals surface area contributed by atoms with E-state index in [-0.39, 0.29) is 24.3 Å². The van der Waals surface area contributed by atoms with Crippen molar-refractivity contribution in [3.05, 3.63) is 46.8 Å². The Kier molecular flexibility index (Phi) is 5.28. The molecule has 0 amide bonds. The van der Waals surface area contributed by atoms with E-state index < -0.39 is 11.9 Å². The van der Waals surface area contributed by atoms with Gasteiger partial charge in [-0.05, 0) is 39.8 Å². The molecule has 0 atom stereocenters. The molecule has 0 aliphatic rings. The predicted molar refractivity (Wildman–Crippen MR) is 91.6 cm³/mol. The van der Waals surface area contributed by atoms with Crippen LogP contribution in [-0.2, 0) is 9.47 Å². The van der Waals surface area contributed by atoms with Crippen LogP contribution in [0.15, 0.2) is 24.3 Å². The minimum Gasteiger partial charge on any atom is -0.462 e. The maximum atomic E-state index is 12.4. The molecule has 6 nitrogen and oxygen atoms in total. The molecule has 128 valence electrons. The molecule has 0 saturated carbocycles. The molecule has 24 heavy (non-hydrogen) atoms. The number of nitrogens with zero attached hydrogens (tertiary/aromatic N) is 1. The minimum atomic E-state index is -0.547. The second-order valence-corrected chi connectivity index (χ2v) is 5.26. The summed E-state index contributed by atoms with van der Waals surface area (Å²) in [6.07, 6.45) is 0. The number of para-hydroxylation sites is 2. The number of hydrogen-bond acceptors (Lipinski definition) is 5. The molecule has 1 aromatic heterocycles. The molecule has 0 aliphatic heterocycles. The summed E-state index contributed by atoms with van der Waals surface area (Å²) in [6.45, 7) is 7.39. The number of hydrogen-bond donors (Lipinski definition) is 1. The Morgan fingerprint density at radius 2 is 1.42 bits per heavy atom. The molecule has 0 spiro atoms. The van der Waals surface area contributed by atoms with Crippen molar-refractivity contribution in [2.75, 3.05) is 18.9 Å². The fourth-order valence-electron chi connectivity index (χ4n) is 2.80. The second-order valence-electron chi connectivity index (χ2n) is 5.26. The van der Waals surface area contributed by atoms with Crippen LogP contribution < -0.4 is 5.73 Å². The Balaban J connectivity index is 2.75. The number of anilines is 1. The molecule has 2 N–H and O–H groups in total. The summed E-state index contributed by atoms with van der Waals surface area (Å²) in [6, 6.07) is 7.27. The number of carbonyl (C=O) groups excluding carboxylic acids is 2. The van der Waals surface area contributed by atoms with Gasteiger partial charge < -0.3 is 19.8 Å². The molecule has 0 radical (unpaired) electrons. The number of nitrogens with two attached hydrogens (primary N) is 1. The Labute approximate surface area is 141 Å². The molecule has 2 rings (SSSR count). The summed E-state index contributed by atoms with van der Waals surface area (Å²) >= 11 is 0. The van der Waals surface area contributed by atoms with E-state index in [1.807, 2.05) is 18.2 Å². The number of ether oxygens (including phenoxy) is 2. The minimum absolute atomic E-state index is 0.219. The summed E-state index contributed by atoms with van der Waals surface area (Å²) in [5, 5.41) is 0. The first kappa shape index (κ1) is 17.6. The molecular weight excluding hydrogens is 308 g/mol. The van der Waals surface area contributed by atoms with Gasteiger partial charge >= 0.3 is 11.9 Å². The standard InChI is InChI=1S/C18H22N2O4/c1-5-23-17(21)15-11(3)20(14-10-8-7-9-13(14)19)12(4)16(15)18(22)24-6-2/h7-10H,5-6,19H2,1-4H3. The summed E-state index contributed by atoms with van der Waals surface area (Å²) in [5.41, 5.74) is 8.93. The van der Waals surface area contributed by atoms with Crippen LogP contribution in [0.4, 0.5) is 5.69 Å². The zero-order valence-electron chi connectivity index (χ0n) is 14.4. The molecule has 6 heteroatoms. The normalized spacial score (nSPS) is 10.5. The Bertz CT molecular complexity index is 736. The van der Waals surface area contributed by atoms with Crippen molar-refractivity contribution in [3.63, 3.8) is 0 Å². The van der Waals surface area contributed by atoms with Crippen molar-refractivity contribution in [1.29, 1.82) is 0 Å². The number of carbonyl (C=O) groups is 2. The summed E-state index contributed by atoms with van der Waals surface area (Å²) in [7, 11) is 0. The van der Waals surface area contributed by atoms with Crippen LogP contribution in [0, 0.1) is 13.8 Å². The van der Waals surface area contributed by atoms with Gasteiger partial charge in [0.1, 0.15) is 0 Å². The van der Waals surface area contributed by atoms with Crippen molar-refractivity contribution in [2.45, 2.75) is 27.7 Å². The number of esters is 2. The van der Waals surface area contributed by atoms with Crippen LogP contribution >= 0.6 is 0 Å². The lowest BCUT2D eigenvalue weighted by Gasteiger charge is -2.12. The van der Waals surface area contributed by atoms with Crippen LogP contribution in [0.5, 0.6) is 0 Å². The topological polar surface area (TPSA) is 83.6 Å². The maximum Gasteiger partial charge on any atom is 0.340 e. The van der Waals surface area contributed by atoms with Crippen LogP contribution in [0.25, 0.3) is 5.69 Å². The Morgan fingerprint density at radius 3 is 1.83 bits per heavy atom. The lowest BCUT2D eigenvalue weighted by atomic mass is 10.1. The third-order valence-electron chi connectivity index (χ3n) is 3.78. The zero-order valence-corrected chi connectivity index (χ0v) is 14.4. The number of rotatable bonds is 5. The van der Waals surface area contributed by atoms with Gasteiger partial charge in [-0.3, -0.25) is 0 Å². The highest BCUT2D eigenvalue weighted by atomic mass is 16.5. The van der Waals surface area contributed by atoms with E-state index in [0.29, 0.717) is 22.8 Å². The van der Waals surface area contributed by atoms with E-state index >= 15 is 0 Å². The molecule has 1 heterocycles. The number of benzene rings is 1. The molecule has 0 aliphatic carbocycles. The van der Waals surface area contributed by atoms with Gasteiger partial charge in [-0.1, -0.05) is 12.1 Å². The highest BCUT2D eigenvalue weighted by molar-refractivity contribution is 6.05. The lowest BCUT2D eigenvalue weighted by molar-refractivity contribution is 0.0479. The van der Waals surface area contributed by atoms with Crippen LogP contribution in [0.2, 0.25) is 0 Å². The quantitative estimate of drug-likeness (QED) is 0.673. The molecule has 0 fully saturated rings. The van der Waals surface area contributed by atoms with Gasteiger partial charge in [0.2, 0.25) is 0 Å². The third-order valence-corrected chi connectivity index (χ3v) is 3.78. The van der Waals surface area contributed by atoms with E-state index in [2.05, 4.69) is 0 Å². The smallest absolute Gasteiger partial charge is 0.340 e. The zero-order chi connectivity index (χ0) is 17.9. The van der Waals surface area contributed by atoms with Crippen molar-refractivity contribution >= 4 is 17.6 Å². The average Bonchev–Trinajstić information content (AvgIpc) is 2.79. The van der Waals surface area contributed by atoms with Crippen LogP contribution in [0.3, 0.4) is 0 Å². The highest BCUT2D eigenvalue weighted by Crippen LogP contribution is 2.30. The molecule has 0 bridgehead atoms. The van der Waals surface area contributed by atoms with E-state index in [4.69, 9.17) is 15.2 Å². The number of nitrogen functional groups attached to an aromatic ring is 1. The highest BCUT2D eigenvalue weighted by Gasteiger charge is 2.30. The first-order valence-corrected chi connectivity index (χ1v) is 7.84. The second kappa shape index (κ2) is 7.21. The molecule has 0 unspecified atom stereocenters. The molecule has 0 saturated heterocycles. The van der Waals surface area contributed by atoms with E-state index in [1.54, 1.807) is 38.3 Å². The van der Waals surface area contributed by atoms with Gasteiger partial charge in [0.15, 0.2) is 0 Å². The van der Waals surface area contributed by atoms with Crippen molar-refractivity contribution in [2.24, 2.45) is 0 Å². The average molecular weight is 330 g/mol. The third kappa shape index (κ3) is 2.99. The lowest BCUT2D eigenvalue weighted by Crippen LogP contribution is -2.13. The SMILES string of the molecule is CCOC(=O)c1c(C(=O)OCC)c(C)n(-c2ccccc2N)c1C.